The van der Waals surface area contributed by atoms with Crippen LogP contribution in [-0.4, -0.2) is 48.5 Å². The van der Waals surface area contributed by atoms with Crippen molar-refractivity contribution in [2.24, 2.45) is 0 Å². The Hall–Kier alpha value is -3.79. The minimum Gasteiger partial charge on any atom is -0.493 e. The van der Waals surface area contributed by atoms with Crippen molar-refractivity contribution < 1.29 is 23.4 Å². The topological polar surface area (TPSA) is 115 Å². The molecular formula is C23H25FN4O5. The van der Waals surface area contributed by atoms with Gasteiger partial charge in [-0.25, -0.2) is 4.39 Å². The van der Waals surface area contributed by atoms with Crippen LogP contribution in [-0.2, 0) is 22.5 Å². The van der Waals surface area contributed by atoms with Gasteiger partial charge >= 0.3 is 0 Å². The number of methoxy groups -OCH3 is 2. The maximum Gasteiger partial charge on any atom is 0.273 e. The highest BCUT2D eigenvalue weighted by Crippen LogP contribution is 2.31. The number of rotatable bonds is 11. The molecule has 1 aromatic heterocycles. The fourth-order valence-corrected chi connectivity index (χ4v) is 2.95. The monoisotopic (exact) mass is 456 g/mol. The predicted molar refractivity (Wildman–Crippen MR) is 119 cm³/mol. The van der Waals surface area contributed by atoms with E-state index in [-0.39, 0.29) is 42.6 Å². The zero-order valence-electron chi connectivity index (χ0n) is 18.4. The van der Waals surface area contributed by atoms with Gasteiger partial charge in [-0.1, -0.05) is 12.1 Å². The van der Waals surface area contributed by atoms with E-state index in [1.165, 1.54) is 19.2 Å². The van der Waals surface area contributed by atoms with Crippen LogP contribution in [0.3, 0.4) is 0 Å². The Balaban J connectivity index is 1.59. The van der Waals surface area contributed by atoms with Crippen LogP contribution in [0.15, 0.2) is 47.3 Å². The molecule has 1 amide bonds. The maximum atomic E-state index is 12.9. The molecule has 0 atom stereocenters. The standard InChI is InChI=1S/C23H25FN4O5/c1-31-11-12-33-19-9-5-16(13-20(19)32-2)22-26-23(30)18(27-28-22)8-10-21(29)25-14-15-3-6-17(24)7-4-15/h3-7,9,13H,8,10-12,14H2,1-2H3,(H,25,29)(H,26,28,30). The van der Waals surface area contributed by atoms with Gasteiger partial charge in [-0.15, -0.1) is 10.2 Å². The summed E-state index contributed by atoms with van der Waals surface area (Å²) in [5.41, 5.74) is 1.10. The second-order valence-corrected chi connectivity index (χ2v) is 7.06. The van der Waals surface area contributed by atoms with Gasteiger partial charge in [0.05, 0.1) is 13.7 Å². The fraction of sp³-hybridized carbons (Fsp3) is 0.304. The lowest BCUT2D eigenvalue weighted by Gasteiger charge is -2.11. The first-order chi connectivity index (χ1) is 16.0. The van der Waals surface area contributed by atoms with Crippen LogP contribution >= 0.6 is 0 Å². The van der Waals surface area contributed by atoms with Crippen molar-refractivity contribution in [2.45, 2.75) is 19.4 Å². The second kappa shape index (κ2) is 11.7. The SMILES string of the molecule is COCCOc1ccc(-c2nnc(CCC(=O)NCc3ccc(F)cc3)c(=O)[nH]2)cc1OC. The van der Waals surface area contributed by atoms with Crippen molar-refractivity contribution in [2.75, 3.05) is 27.4 Å². The third kappa shape index (κ3) is 6.84. The Morgan fingerprint density at radius 3 is 2.55 bits per heavy atom. The van der Waals surface area contributed by atoms with Gasteiger partial charge in [-0.2, -0.15) is 0 Å². The molecule has 0 aliphatic rings. The van der Waals surface area contributed by atoms with E-state index in [0.29, 0.717) is 30.3 Å². The first-order valence-corrected chi connectivity index (χ1v) is 10.3. The number of aromatic amines is 1. The molecule has 0 bridgehead atoms. The summed E-state index contributed by atoms with van der Waals surface area (Å²) in [6.07, 6.45) is 0.201. The average Bonchev–Trinajstić information content (AvgIpc) is 2.83. The highest BCUT2D eigenvalue weighted by Gasteiger charge is 2.12. The summed E-state index contributed by atoms with van der Waals surface area (Å²) in [5.74, 6) is 0.700. The predicted octanol–water partition coefficient (Wildman–Crippen LogP) is 2.25. The van der Waals surface area contributed by atoms with Crippen LogP contribution in [0, 0.1) is 5.82 Å². The van der Waals surface area contributed by atoms with Gasteiger partial charge in [0, 0.05) is 32.1 Å². The van der Waals surface area contributed by atoms with Crippen molar-refractivity contribution in [1.82, 2.24) is 20.5 Å². The number of carbonyl (C=O) groups excluding carboxylic acids is 1. The van der Waals surface area contributed by atoms with Crippen LogP contribution in [0.5, 0.6) is 11.5 Å². The Labute approximate surface area is 189 Å². The summed E-state index contributed by atoms with van der Waals surface area (Å²) < 4.78 is 28.8. The van der Waals surface area contributed by atoms with Crippen LogP contribution in [0.2, 0.25) is 0 Å². The van der Waals surface area contributed by atoms with Crippen LogP contribution in [0.4, 0.5) is 4.39 Å². The van der Waals surface area contributed by atoms with Gasteiger partial charge < -0.3 is 24.5 Å². The summed E-state index contributed by atoms with van der Waals surface area (Å²) in [5, 5.41) is 10.8. The first-order valence-electron chi connectivity index (χ1n) is 10.3. The van der Waals surface area contributed by atoms with E-state index in [2.05, 4.69) is 20.5 Å². The molecule has 0 unspecified atom stereocenters. The van der Waals surface area contributed by atoms with Crippen LogP contribution in [0.1, 0.15) is 17.7 Å². The largest absolute Gasteiger partial charge is 0.493 e. The van der Waals surface area contributed by atoms with Crippen molar-refractivity contribution in [3.8, 4) is 22.9 Å². The Morgan fingerprint density at radius 1 is 1.06 bits per heavy atom. The number of carbonyl (C=O) groups is 1. The number of benzene rings is 2. The minimum atomic E-state index is -0.425. The average molecular weight is 456 g/mol. The first kappa shape index (κ1) is 23.9. The van der Waals surface area contributed by atoms with E-state index in [9.17, 15) is 14.0 Å². The zero-order chi connectivity index (χ0) is 23.6. The molecule has 2 aromatic carbocycles. The molecule has 0 aliphatic carbocycles. The molecular weight excluding hydrogens is 431 g/mol. The lowest BCUT2D eigenvalue weighted by molar-refractivity contribution is -0.121. The molecule has 0 saturated heterocycles. The van der Waals surface area contributed by atoms with Crippen molar-refractivity contribution >= 4 is 5.91 Å². The fourth-order valence-electron chi connectivity index (χ4n) is 2.95. The van der Waals surface area contributed by atoms with E-state index >= 15 is 0 Å². The number of hydrogen-bond donors (Lipinski definition) is 2. The van der Waals surface area contributed by atoms with Gasteiger partial charge in [-0.05, 0) is 35.9 Å². The van der Waals surface area contributed by atoms with E-state index < -0.39 is 5.56 Å². The lowest BCUT2D eigenvalue weighted by atomic mass is 10.2. The molecule has 10 heteroatoms. The molecule has 174 valence electrons. The summed E-state index contributed by atoms with van der Waals surface area (Å²) >= 11 is 0. The summed E-state index contributed by atoms with van der Waals surface area (Å²) in [7, 11) is 3.10. The normalized spacial score (nSPS) is 10.6. The molecule has 1 heterocycles. The van der Waals surface area contributed by atoms with Gasteiger partial charge in [0.25, 0.3) is 5.56 Å². The molecule has 0 radical (unpaired) electrons. The number of hydrogen-bond acceptors (Lipinski definition) is 7. The van der Waals surface area contributed by atoms with Crippen molar-refractivity contribution in [1.29, 1.82) is 0 Å². The number of nitrogens with one attached hydrogen (secondary N) is 2. The highest BCUT2D eigenvalue weighted by atomic mass is 19.1. The second-order valence-electron chi connectivity index (χ2n) is 7.06. The Morgan fingerprint density at radius 2 is 1.85 bits per heavy atom. The van der Waals surface area contributed by atoms with E-state index in [0.717, 1.165) is 5.56 Å². The third-order valence-corrected chi connectivity index (χ3v) is 4.74. The van der Waals surface area contributed by atoms with Crippen molar-refractivity contribution in [3.05, 3.63) is 69.9 Å². The van der Waals surface area contributed by atoms with E-state index in [1.54, 1.807) is 37.4 Å². The van der Waals surface area contributed by atoms with Gasteiger partial charge in [-0.3, -0.25) is 9.59 Å². The number of nitrogens with zero attached hydrogens (tertiary/aromatic N) is 2. The highest BCUT2D eigenvalue weighted by molar-refractivity contribution is 5.76. The number of aromatic nitrogens is 3. The molecule has 0 aliphatic heterocycles. The Kier molecular flexibility index (Phi) is 8.48. The quantitative estimate of drug-likeness (QED) is 0.425. The van der Waals surface area contributed by atoms with Crippen LogP contribution < -0.4 is 20.3 Å². The smallest absolute Gasteiger partial charge is 0.273 e. The number of aryl methyl sites for hydroxylation is 1. The lowest BCUT2D eigenvalue weighted by Crippen LogP contribution is -2.25. The van der Waals surface area contributed by atoms with Gasteiger partial charge in [0.2, 0.25) is 5.91 Å². The van der Waals surface area contributed by atoms with Crippen molar-refractivity contribution in [3.63, 3.8) is 0 Å². The molecule has 2 N–H and O–H groups in total. The Bertz CT molecular complexity index is 1130. The molecule has 3 rings (SSSR count). The molecule has 0 saturated carbocycles. The number of amides is 1. The maximum absolute atomic E-state index is 12.9. The number of halogens is 1. The summed E-state index contributed by atoms with van der Waals surface area (Å²) in [6, 6.07) is 11.0. The van der Waals surface area contributed by atoms with Gasteiger partial charge in [0.1, 0.15) is 18.1 Å². The molecule has 9 nitrogen and oxygen atoms in total. The molecule has 33 heavy (non-hydrogen) atoms. The van der Waals surface area contributed by atoms with E-state index in [4.69, 9.17) is 14.2 Å². The third-order valence-electron chi connectivity index (χ3n) is 4.74. The molecule has 3 aromatic rings. The molecule has 0 fully saturated rings. The minimum absolute atomic E-state index is 0.0691. The summed E-state index contributed by atoms with van der Waals surface area (Å²) in [4.78, 5) is 27.2. The van der Waals surface area contributed by atoms with E-state index in [1.807, 2.05) is 0 Å². The molecule has 0 spiro atoms. The number of H-pyrrole nitrogens is 1. The van der Waals surface area contributed by atoms with Gasteiger partial charge in [0.15, 0.2) is 17.3 Å². The zero-order valence-corrected chi connectivity index (χ0v) is 18.4. The summed E-state index contributed by atoms with van der Waals surface area (Å²) in [6.45, 7) is 1.08. The van der Waals surface area contributed by atoms with Crippen LogP contribution in [0.25, 0.3) is 11.4 Å². The number of ether oxygens (including phenoxy) is 3.